The summed E-state index contributed by atoms with van der Waals surface area (Å²) in [5.41, 5.74) is 6.97. The highest BCUT2D eigenvalue weighted by Crippen LogP contribution is 2.33. The molecular formula is C12H22N4O. The van der Waals surface area contributed by atoms with E-state index in [1.807, 2.05) is 11.6 Å². The van der Waals surface area contributed by atoms with Crippen LogP contribution in [0.3, 0.4) is 0 Å². The van der Waals surface area contributed by atoms with Gasteiger partial charge in [-0.1, -0.05) is 0 Å². The van der Waals surface area contributed by atoms with Crippen molar-refractivity contribution in [3.8, 4) is 0 Å². The van der Waals surface area contributed by atoms with Gasteiger partial charge < -0.3 is 16.2 Å². The van der Waals surface area contributed by atoms with Crippen LogP contribution in [0.25, 0.3) is 0 Å². The lowest BCUT2D eigenvalue weighted by Crippen LogP contribution is -2.43. The monoisotopic (exact) mass is 238 g/mol. The quantitative estimate of drug-likeness (QED) is 0.746. The van der Waals surface area contributed by atoms with Gasteiger partial charge in [0.1, 0.15) is 5.82 Å². The van der Waals surface area contributed by atoms with Crippen molar-refractivity contribution >= 4 is 11.5 Å². The van der Waals surface area contributed by atoms with Crippen LogP contribution in [-0.4, -0.2) is 27.0 Å². The van der Waals surface area contributed by atoms with Gasteiger partial charge in [0, 0.05) is 12.6 Å². The van der Waals surface area contributed by atoms with Crippen LogP contribution in [-0.2, 0) is 0 Å². The standard InChI is InChI=1S/C12H22N4O/c1-8(2)16-11(10(13)9(3)15-16)14-7-12(17)5-4-6-12/h8,14,17H,4-7,13H2,1-3H3. The highest BCUT2D eigenvalue weighted by Gasteiger charge is 2.34. The fraction of sp³-hybridized carbons (Fsp3) is 0.750. The maximum absolute atomic E-state index is 10.1. The molecule has 5 nitrogen and oxygen atoms in total. The molecule has 0 unspecified atom stereocenters. The van der Waals surface area contributed by atoms with Crippen LogP contribution >= 0.6 is 0 Å². The Kier molecular flexibility index (Phi) is 3.03. The molecule has 2 rings (SSSR count). The zero-order chi connectivity index (χ0) is 12.6. The van der Waals surface area contributed by atoms with Gasteiger partial charge >= 0.3 is 0 Å². The van der Waals surface area contributed by atoms with Gasteiger partial charge in [-0.25, -0.2) is 4.68 Å². The third-order valence-electron chi connectivity index (χ3n) is 3.49. The molecule has 1 aromatic heterocycles. The number of hydrogen-bond donors (Lipinski definition) is 3. The Bertz CT molecular complexity index is 407. The summed E-state index contributed by atoms with van der Waals surface area (Å²) in [6, 6.07) is 0.254. The summed E-state index contributed by atoms with van der Waals surface area (Å²) in [6.07, 6.45) is 2.85. The second-order valence-electron chi connectivity index (χ2n) is 5.32. The number of nitrogens with zero attached hydrogens (tertiary/aromatic N) is 2. The van der Waals surface area contributed by atoms with E-state index in [0.717, 1.165) is 30.8 Å². The summed E-state index contributed by atoms with van der Waals surface area (Å²) in [5, 5.41) is 17.7. The number of aliphatic hydroxyl groups is 1. The van der Waals surface area contributed by atoms with Gasteiger partial charge in [-0.3, -0.25) is 0 Å². The third kappa shape index (κ3) is 2.24. The lowest BCUT2D eigenvalue weighted by molar-refractivity contribution is -0.0203. The fourth-order valence-electron chi connectivity index (χ4n) is 2.12. The molecule has 96 valence electrons. The summed E-state index contributed by atoms with van der Waals surface area (Å²) in [6.45, 7) is 6.58. The minimum Gasteiger partial charge on any atom is -0.394 e. The van der Waals surface area contributed by atoms with Crippen LogP contribution in [0.15, 0.2) is 0 Å². The molecule has 0 bridgehead atoms. The first kappa shape index (κ1) is 12.2. The fourth-order valence-corrected chi connectivity index (χ4v) is 2.12. The second kappa shape index (κ2) is 4.22. The Morgan fingerprint density at radius 1 is 1.53 bits per heavy atom. The molecule has 0 spiro atoms. The zero-order valence-corrected chi connectivity index (χ0v) is 10.8. The van der Waals surface area contributed by atoms with E-state index in [2.05, 4.69) is 24.3 Å². The number of nitrogen functional groups attached to an aromatic ring is 1. The van der Waals surface area contributed by atoms with E-state index in [-0.39, 0.29) is 6.04 Å². The lowest BCUT2D eigenvalue weighted by atomic mass is 9.80. The number of anilines is 2. The second-order valence-corrected chi connectivity index (χ2v) is 5.32. The topological polar surface area (TPSA) is 76.1 Å². The van der Waals surface area contributed by atoms with Gasteiger partial charge in [0.15, 0.2) is 0 Å². The van der Waals surface area contributed by atoms with E-state index >= 15 is 0 Å². The minimum atomic E-state index is -0.549. The first-order chi connectivity index (χ1) is 7.93. The summed E-state index contributed by atoms with van der Waals surface area (Å²) in [4.78, 5) is 0. The van der Waals surface area contributed by atoms with Crippen LogP contribution in [0.2, 0.25) is 0 Å². The van der Waals surface area contributed by atoms with Crippen LogP contribution in [0.4, 0.5) is 11.5 Å². The number of nitrogens with one attached hydrogen (secondary N) is 1. The Hall–Kier alpha value is -1.23. The molecule has 0 atom stereocenters. The molecule has 0 saturated heterocycles. The zero-order valence-electron chi connectivity index (χ0n) is 10.8. The summed E-state index contributed by atoms with van der Waals surface area (Å²) < 4.78 is 1.88. The van der Waals surface area contributed by atoms with E-state index in [1.165, 1.54) is 0 Å². The van der Waals surface area contributed by atoms with Gasteiger partial charge in [0.25, 0.3) is 0 Å². The van der Waals surface area contributed by atoms with Gasteiger partial charge in [0.2, 0.25) is 0 Å². The van der Waals surface area contributed by atoms with Crippen LogP contribution < -0.4 is 11.1 Å². The Morgan fingerprint density at radius 3 is 2.65 bits per heavy atom. The lowest BCUT2D eigenvalue weighted by Gasteiger charge is -2.37. The van der Waals surface area contributed by atoms with Crippen molar-refractivity contribution in [2.75, 3.05) is 17.6 Å². The first-order valence-electron chi connectivity index (χ1n) is 6.24. The largest absolute Gasteiger partial charge is 0.394 e. The van der Waals surface area contributed by atoms with Gasteiger partial charge in [0.05, 0.1) is 17.0 Å². The number of rotatable bonds is 4. The molecule has 0 radical (unpaired) electrons. The van der Waals surface area contributed by atoms with Crippen LogP contribution in [0.1, 0.15) is 44.8 Å². The van der Waals surface area contributed by atoms with E-state index in [1.54, 1.807) is 0 Å². The first-order valence-corrected chi connectivity index (χ1v) is 6.24. The SMILES string of the molecule is Cc1nn(C(C)C)c(NCC2(O)CCC2)c1N. The average Bonchev–Trinajstić information content (AvgIpc) is 2.51. The number of hydrogen-bond acceptors (Lipinski definition) is 4. The molecule has 1 aliphatic carbocycles. The number of aryl methyl sites for hydroxylation is 1. The maximum Gasteiger partial charge on any atom is 0.148 e. The molecule has 1 saturated carbocycles. The molecular weight excluding hydrogens is 216 g/mol. The highest BCUT2D eigenvalue weighted by molar-refractivity contribution is 5.65. The van der Waals surface area contributed by atoms with Gasteiger partial charge in [-0.15, -0.1) is 0 Å². The van der Waals surface area contributed by atoms with E-state index in [0.29, 0.717) is 12.2 Å². The van der Waals surface area contributed by atoms with E-state index < -0.39 is 5.60 Å². The molecule has 17 heavy (non-hydrogen) atoms. The summed E-state index contributed by atoms with van der Waals surface area (Å²) >= 11 is 0. The van der Waals surface area contributed by atoms with Crippen molar-refractivity contribution in [1.29, 1.82) is 0 Å². The normalized spacial score (nSPS) is 18.2. The molecule has 0 aromatic carbocycles. The van der Waals surface area contributed by atoms with Gasteiger partial charge in [-0.2, -0.15) is 5.10 Å². The predicted molar refractivity (Wildman–Crippen MR) is 69.1 cm³/mol. The van der Waals surface area contributed by atoms with E-state index in [9.17, 15) is 5.11 Å². The molecule has 0 aliphatic heterocycles. The molecule has 1 heterocycles. The van der Waals surface area contributed by atoms with Crippen molar-refractivity contribution in [3.05, 3.63) is 5.69 Å². The molecule has 0 amide bonds. The number of nitrogens with two attached hydrogens (primary N) is 1. The Morgan fingerprint density at radius 2 is 2.18 bits per heavy atom. The smallest absolute Gasteiger partial charge is 0.148 e. The molecule has 5 heteroatoms. The third-order valence-corrected chi connectivity index (χ3v) is 3.49. The van der Waals surface area contributed by atoms with Crippen molar-refractivity contribution in [2.45, 2.75) is 51.7 Å². The summed E-state index contributed by atoms with van der Waals surface area (Å²) in [5.74, 6) is 0.831. The van der Waals surface area contributed by atoms with Crippen molar-refractivity contribution in [3.63, 3.8) is 0 Å². The average molecular weight is 238 g/mol. The molecule has 1 aliphatic rings. The molecule has 1 aromatic rings. The van der Waals surface area contributed by atoms with Gasteiger partial charge in [-0.05, 0) is 40.0 Å². The summed E-state index contributed by atoms with van der Waals surface area (Å²) in [7, 11) is 0. The van der Waals surface area contributed by atoms with Crippen molar-refractivity contribution in [1.82, 2.24) is 9.78 Å². The maximum atomic E-state index is 10.1. The van der Waals surface area contributed by atoms with Crippen molar-refractivity contribution < 1.29 is 5.11 Å². The minimum absolute atomic E-state index is 0.254. The van der Waals surface area contributed by atoms with E-state index in [4.69, 9.17) is 5.73 Å². The van der Waals surface area contributed by atoms with Crippen LogP contribution in [0.5, 0.6) is 0 Å². The van der Waals surface area contributed by atoms with Crippen molar-refractivity contribution in [2.24, 2.45) is 0 Å². The highest BCUT2D eigenvalue weighted by atomic mass is 16.3. The molecule has 1 fully saturated rings. The Labute approximate surface area is 102 Å². The number of aromatic nitrogens is 2. The van der Waals surface area contributed by atoms with Crippen LogP contribution in [0, 0.1) is 6.92 Å². The predicted octanol–water partition coefficient (Wildman–Crippen LogP) is 1.68. The molecule has 4 N–H and O–H groups in total. The Balaban J connectivity index is 2.13.